The molecular weight excluding hydrogens is 228 g/mol. The molecular formula is C14H28O2Si. The van der Waals surface area contributed by atoms with Gasteiger partial charge in [0.1, 0.15) is 0 Å². The van der Waals surface area contributed by atoms with Gasteiger partial charge in [-0.25, -0.2) is 0 Å². The minimum Gasteiger partial charge on any atom is -0.417 e. The van der Waals surface area contributed by atoms with Gasteiger partial charge in [0.05, 0.1) is 6.10 Å². The lowest BCUT2D eigenvalue weighted by Crippen LogP contribution is -2.41. The highest BCUT2D eigenvalue weighted by Gasteiger charge is 2.44. The van der Waals surface area contributed by atoms with Crippen molar-refractivity contribution in [1.29, 1.82) is 0 Å². The second-order valence-electron chi connectivity index (χ2n) is 6.82. The number of rotatable bonds is 6. The Bertz CT molecular complexity index is 268. The maximum atomic E-state index is 9.83. The molecule has 0 aromatic carbocycles. The molecule has 0 bridgehead atoms. The fourth-order valence-corrected chi connectivity index (χ4v) is 2.88. The van der Waals surface area contributed by atoms with E-state index in [1.165, 1.54) is 0 Å². The molecule has 1 fully saturated rings. The van der Waals surface area contributed by atoms with Crippen LogP contribution in [0.2, 0.25) is 18.1 Å². The van der Waals surface area contributed by atoms with Gasteiger partial charge in [-0.3, -0.25) is 0 Å². The van der Waals surface area contributed by atoms with Crippen LogP contribution >= 0.6 is 0 Å². The average molecular weight is 256 g/mol. The highest BCUT2D eigenvalue weighted by atomic mass is 28.4. The Labute approximate surface area is 107 Å². The molecule has 17 heavy (non-hydrogen) atoms. The third kappa shape index (κ3) is 3.93. The van der Waals surface area contributed by atoms with E-state index in [1.807, 2.05) is 0 Å². The zero-order valence-corrected chi connectivity index (χ0v) is 13.0. The zero-order chi connectivity index (χ0) is 13.3. The topological polar surface area (TPSA) is 29.5 Å². The van der Waals surface area contributed by atoms with E-state index in [2.05, 4.69) is 40.4 Å². The highest BCUT2D eigenvalue weighted by molar-refractivity contribution is 6.74. The van der Waals surface area contributed by atoms with Crippen molar-refractivity contribution >= 4 is 8.32 Å². The summed E-state index contributed by atoms with van der Waals surface area (Å²) in [6.07, 6.45) is 3.42. The summed E-state index contributed by atoms with van der Waals surface area (Å²) >= 11 is 0. The Kier molecular flexibility index (Phi) is 4.61. The minimum absolute atomic E-state index is 0.208. The van der Waals surface area contributed by atoms with Gasteiger partial charge in [0.2, 0.25) is 0 Å². The van der Waals surface area contributed by atoms with E-state index in [0.29, 0.717) is 18.3 Å². The number of aliphatic hydroxyl groups excluding tert-OH is 1. The van der Waals surface area contributed by atoms with Crippen molar-refractivity contribution in [3.8, 4) is 0 Å². The third-order valence-corrected chi connectivity index (χ3v) is 8.84. The Balaban J connectivity index is 2.33. The monoisotopic (exact) mass is 256 g/mol. The standard InChI is InChI=1S/C14H28O2Si/c1-7-8-13(15)12-9-11(12)10-16-17(5,6)14(2,3)4/h7,11-13,15H,1,8-10H2,2-6H3/t11-,12+,13+/m0/s1. The fraction of sp³-hybridized carbons (Fsp3) is 0.857. The first-order valence-electron chi connectivity index (χ1n) is 6.62. The molecule has 0 aromatic rings. The van der Waals surface area contributed by atoms with E-state index < -0.39 is 8.32 Å². The van der Waals surface area contributed by atoms with Gasteiger partial charge in [0, 0.05) is 6.61 Å². The van der Waals surface area contributed by atoms with Gasteiger partial charge >= 0.3 is 0 Å². The summed E-state index contributed by atoms with van der Waals surface area (Å²) in [5.41, 5.74) is 0. The van der Waals surface area contributed by atoms with Crippen molar-refractivity contribution in [3.63, 3.8) is 0 Å². The molecule has 1 saturated carbocycles. The van der Waals surface area contributed by atoms with Crippen LogP contribution in [-0.2, 0) is 4.43 Å². The molecule has 1 aliphatic rings. The van der Waals surface area contributed by atoms with Crippen LogP contribution in [-0.4, -0.2) is 26.1 Å². The van der Waals surface area contributed by atoms with Gasteiger partial charge in [0.15, 0.2) is 8.32 Å². The fourth-order valence-electron chi connectivity index (χ4n) is 1.81. The second kappa shape index (κ2) is 5.25. The molecule has 0 radical (unpaired) electrons. The van der Waals surface area contributed by atoms with Crippen LogP contribution in [0, 0.1) is 11.8 Å². The summed E-state index contributed by atoms with van der Waals surface area (Å²) in [5.74, 6) is 1.01. The largest absolute Gasteiger partial charge is 0.417 e. The molecule has 0 aliphatic heterocycles. The van der Waals surface area contributed by atoms with Crippen LogP contribution in [0.15, 0.2) is 12.7 Å². The molecule has 100 valence electrons. The van der Waals surface area contributed by atoms with Crippen LogP contribution in [0.3, 0.4) is 0 Å². The van der Waals surface area contributed by atoms with E-state index in [-0.39, 0.29) is 11.1 Å². The van der Waals surface area contributed by atoms with Gasteiger partial charge in [0.25, 0.3) is 0 Å². The number of aliphatic hydroxyl groups is 1. The Morgan fingerprint density at radius 1 is 1.47 bits per heavy atom. The third-order valence-electron chi connectivity index (χ3n) is 4.34. The highest BCUT2D eigenvalue weighted by Crippen LogP contribution is 2.44. The van der Waals surface area contributed by atoms with E-state index in [1.54, 1.807) is 6.08 Å². The van der Waals surface area contributed by atoms with Gasteiger partial charge in [-0.1, -0.05) is 26.8 Å². The lowest BCUT2D eigenvalue weighted by Gasteiger charge is -2.36. The van der Waals surface area contributed by atoms with Gasteiger partial charge in [-0.2, -0.15) is 0 Å². The van der Waals surface area contributed by atoms with Crippen LogP contribution in [0.5, 0.6) is 0 Å². The van der Waals surface area contributed by atoms with E-state index in [0.717, 1.165) is 13.0 Å². The van der Waals surface area contributed by atoms with Crippen molar-refractivity contribution in [1.82, 2.24) is 0 Å². The van der Waals surface area contributed by atoms with Gasteiger partial charge in [-0.15, -0.1) is 6.58 Å². The van der Waals surface area contributed by atoms with Crippen LogP contribution in [0.1, 0.15) is 33.6 Å². The molecule has 2 nitrogen and oxygen atoms in total. The van der Waals surface area contributed by atoms with Crippen molar-refractivity contribution < 1.29 is 9.53 Å². The van der Waals surface area contributed by atoms with E-state index >= 15 is 0 Å². The second-order valence-corrected chi connectivity index (χ2v) is 11.6. The molecule has 0 spiro atoms. The molecule has 1 aliphatic carbocycles. The maximum absolute atomic E-state index is 9.83. The summed E-state index contributed by atoms with van der Waals surface area (Å²) < 4.78 is 6.18. The molecule has 1 N–H and O–H groups in total. The summed E-state index contributed by atoms with van der Waals surface area (Å²) in [7, 11) is -1.61. The van der Waals surface area contributed by atoms with Gasteiger partial charge in [-0.05, 0) is 42.8 Å². The molecule has 1 rings (SSSR count). The van der Waals surface area contributed by atoms with Crippen molar-refractivity contribution in [2.45, 2.75) is 57.8 Å². The predicted octanol–water partition coefficient (Wildman–Crippen LogP) is 3.58. The summed E-state index contributed by atoms with van der Waals surface area (Å²) in [5, 5.41) is 10.1. The molecule has 0 saturated heterocycles. The molecule has 0 aromatic heterocycles. The molecule has 0 unspecified atom stereocenters. The summed E-state index contributed by atoms with van der Waals surface area (Å²) in [6, 6.07) is 0. The first-order valence-corrected chi connectivity index (χ1v) is 9.53. The van der Waals surface area contributed by atoms with Crippen LogP contribution in [0.4, 0.5) is 0 Å². The Hall–Kier alpha value is -0.123. The zero-order valence-electron chi connectivity index (χ0n) is 12.0. The minimum atomic E-state index is -1.61. The van der Waals surface area contributed by atoms with Crippen LogP contribution < -0.4 is 0 Å². The first kappa shape index (κ1) is 14.9. The lowest BCUT2D eigenvalue weighted by molar-refractivity contribution is 0.139. The van der Waals surface area contributed by atoms with E-state index in [4.69, 9.17) is 4.43 Å². The molecule has 0 heterocycles. The van der Waals surface area contributed by atoms with Crippen molar-refractivity contribution in [2.75, 3.05) is 6.61 Å². The SMILES string of the molecule is C=CC[C@@H](O)[C@@H]1C[C@H]1CO[Si](C)(C)C(C)(C)C. The quantitative estimate of drug-likeness (QED) is 0.581. The van der Waals surface area contributed by atoms with E-state index in [9.17, 15) is 5.11 Å². The first-order chi connectivity index (χ1) is 7.69. The molecule has 3 atom stereocenters. The normalized spacial score (nSPS) is 26.7. The van der Waals surface area contributed by atoms with Crippen LogP contribution in [0.25, 0.3) is 0 Å². The number of hydrogen-bond acceptors (Lipinski definition) is 2. The van der Waals surface area contributed by atoms with Gasteiger partial charge < -0.3 is 9.53 Å². The van der Waals surface area contributed by atoms with Crippen molar-refractivity contribution in [3.05, 3.63) is 12.7 Å². The summed E-state index contributed by atoms with van der Waals surface area (Å²) in [4.78, 5) is 0. The Morgan fingerprint density at radius 2 is 2.06 bits per heavy atom. The average Bonchev–Trinajstić information content (AvgIpc) is 2.92. The molecule has 0 amide bonds. The predicted molar refractivity (Wildman–Crippen MR) is 75.6 cm³/mol. The lowest BCUT2D eigenvalue weighted by atomic mass is 10.1. The number of hydrogen-bond donors (Lipinski definition) is 1. The van der Waals surface area contributed by atoms with Crippen molar-refractivity contribution in [2.24, 2.45) is 11.8 Å². The smallest absolute Gasteiger partial charge is 0.191 e. The Morgan fingerprint density at radius 3 is 2.53 bits per heavy atom. The maximum Gasteiger partial charge on any atom is 0.191 e. The summed E-state index contributed by atoms with van der Waals surface area (Å²) in [6.45, 7) is 15.8. The molecule has 3 heteroatoms.